The largest absolute Gasteiger partial charge is 0.100 e. The Kier molecular flexibility index (Phi) is 1.42. The van der Waals surface area contributed by atoms with Crippen molar-refractivity contribution in [1.29, 1.82) is 0 Å². The van der Waals surface area contributed by atoms with Gasteiger partial charge < -0.3 is 0 Å². The summed E-state index contributed by atoms with van der Waals surface area (Å²) in [6.07, 6.45) is 2.65. The molecular formula is C9H16. The van der Waals surface area contributed by atoms with E-state index in [2.05, 4.69) is 27.4 Å². The van der Waals surface area contributed by atoms with E-state index in [1.807, 2.05) is 0 Å². The third kappa shape index (κ3) is 1.57. The lowest BCUT2D eigenvalue weighted by Gasteiger charge is -2.00. The Morgan fingerprint density at radius 1 is 1.67 bits per heavy atom. The van der Waals surface area contributed by atoms with E-state index in [-0.39, 0.29) is 0 Å². The Balaban J connectivity index is 2.28. The molecule has 1 aliphatic carbocycles. The van der Waals surface area contributed by atoms with Crippen LogP contribution in [0.15, 0.2) is 12.2 Å². The van der Waals surface area contributed by atoms with Crippen LogP contribution in [0.3, 0.4) is 0 Å². The number of rotatable bonds is 2. The van der Waals surface area contributed by atoms with Crippen LogP contribution in [0.25, 0.3) is 0 Å². The van der Waals surface area contributed by atoms with Gasteiger partial charge in [-0.2, -0.15) is 0 Å². The third-order valence-electron chi connectivity index (χ3n) is 2.31. The lowest BCUT2D eigenvalue weighted by Crippen LogP contribution is -1.89. The fourth-order valence-electron chi connectivity index (χ4n) is 1.35. The summed E-state index contributed by atoms with van der Waals surface area (Å²) >= 11 is 0. The van der Waals surface area contributed by atoms with E-state index in [1.54, 1.807) is 0 Å². The van der Waals surface area contributed by atoms with Crippen LogP contribution in [0.2, 0.25) is 0 Å². The minimum atomic E-state index is 0.638. The molecule has 0 amide bonds. The van der Waals surface area contributed by atoms with Gasteiger partial charge in [0.15, 0.2) is 0 Å². The van der Waals surface area contributed by atoms with Crippen LogP contribution < -0.4 is 0 Å². The molecule has 0 spiro atoms. The average molecular weight is 124 g/mol. The Morgan fingerprint density at radius 2 is 2.11 bits per heavy atom. The van der Waals surface area contributed by atoms with Crippen molar-refractivity contribution in [3.63, 3.8) is 0 Å². The van der Waals surface area contributed by atoms with Crippen molar-refractivity contribution in [2.45, 2.75) is 33.6 Å². The Labute approximate surface area is 58.0 Å². The van der Waals surface area contributed by atoms with Crippen LogP contribution in [0.4, 0.5) is 0 Å². The second-order valence-electron chi connectivity index (χ2n) is 4.05. The van der Waals surface area contributed by atoms with Crippen molar-refractivity contribution in [2.24, 2.45) is 11.3 Å². The van der Waals surface area contributed by atoms with Crippen molar-refractivity contribution in [3.05, 3.63) is 12.2 Å². The van der Waals surface area contributed by atoms with E-state index in [0.717, 1.165) is 5.92 Å². The molecule has 0 radical (unpaired) electrons. The van der Waals surface area contributed by atoms with E-state index in [1.165, 1.54) is 18.4 Å². The molecule has 0 nitrogen and oxygen atoms in total. The van der Waals surface area contributed by atoms with Crippen molar-refractivity contribution < 1.29 is 0 Å². The minimum absolute atomic E-state index is 0.638. The van der Waals surface area contributed by atoms with Crippen LogP contribution in [-0.2, 0) is 0 Å². The lowest BCUT2D eigenvalue weighted by atomic mass is 10.1. The topological polar surface area (TPSA) is 0 Å². The summed E-state index contributed by atoms with van der Waals surface area (Å²) in [5.74, 6) is 0.940. The van der Waals surface area contributed by atoms with Gasteiger partial charge in [0.25, 0.3) is 0 Å². The summed E-state index contributed by atoms with van der Waals surface area (Å²) in [5.41, 5.74) is 1.98. The maximum Gasteiger partial charge on any atom is -0.0292 e. The van der Waals surface area contributed by atoms with Gasteiger partial charge in [-0.05, 0) is 31.1 Å². The highest BCUT2D eigenvalue weighted by atomic mass is 14.5. The summed E-state index contributed by atoms with van der Waals surface area (Å²) in [4.78, 5) is 0. The first-order valence-corrected chi connectivity index (χ1v) is 3.67. The number of hydrogen-bond acceptors (Lipinski definition) is 0. The molecule has 0 heteroatoms. The first-order valence-electron chi connectivity index (χ1n) is 3.67. The van der Waals surface area contributed by atoms with E-state index in [0.29, 0.717) is 5.41 Å². The van der Waals surface area contributed by atoms with Gasteiger partial charge in [0.05, 0.1) is 0 Å². The molecule has 0 aromatic rings. The fourth-order valence-corrected chi connectivity index (χ4v) is 1.35. The zero-order chi connectivity index (χ0) is 7.07. The van der Waals surface area contributed by atoms with Gasteiger partial charge in [0, 0.05) is 0 Å². The molecule has 1 fully saturated rings. The predicted octanol–water partition coefficient (Wildman–Crippen LogP) is 3.00. The van der Waals surface area contributed by atoms with Gasteiger partial charge in [-0.3, -0.25) is 0 Å². The van der Waals surface area contributed by atoms with Crippen LogP contribution in [-0.4, -0.2) is 0 Å². The zero-order valence-electron chi connectivity index (χ0n) is 6.70. The average Bonchev–Trinajstić information content (AvgIpc) is 2.10. The SMILES string of the molecule is C=C(C)CC1CC1(C)C. The standard InChI is InChI=1S/C9H16/c1-7(2)5-8-6-9(8,3)4/h8H,1,5-6H2,2-4H3. The van der Waals surface area contributed by atoms with E-state index < -0.39 is 0 Å². The molecular weight excluding hydrogens is 108 g/mol. The molecule has 0 N–H and O–H groups in total. The maximum atomic E-state index is 3.90. The molecule has 0 bridgehead atoms. The summed E-state index contributed by atoms with van der Waals surface area (Å²) in [6, 6.07) is 0. The van der Waals surface area contributed by atoms with Gasteiger partial charge in [-0.1, -0.05) is 19.4 Å². The molecule has 1 atom stereocenters. The predicted molar refractivity (Wildman–Crippen MR) is 41.3 cm³/mol. The summed E-state index contributed by atoms with van der Waals surface area (Å²) < 4.78 is 0. The molecule has 0 aromatic carbocycles. The molecule has 1 unspecified atom stereocenters. The second kappa shape index (κ2) is 1.86. The molecule has 0 heterocycles. The molecule has 0 saturated heterocycles. The zero-order valence-corrected chi connectivity index (χ0v) is 6.70. The minimum Gasteiger partial charge on any atom is -0.100 e. The first-order chi connectivity index (χ1) is 4.02. The second-order valence-corrected chi connectivity index (χ2v) is 4.05. The van der Waals surface area contributed by atoms with Crippen LogP contribution in [0.1, 0.15) is 33.6 Å². The number of allylic oxidation sites excluding steroid dienone is 1. The highest BCUT2D eigenvalue weighted by Crippen LogP contribution is 2.54. The molecule has 0 aliphatic heterocycles. The van der Waals surface area contributed by atoms with E-state index in [4.69, 9.17) is 0 Å². The number of hydrogen-bond donors (Lipinski definition) is 0. The van der Waals surface area contributed by atoms with Gasteiger partial charge in [0.1, 0.15) is 0 Å². The quantitative estimate of drug-likeness (QED) is 0.496. The van der Waals surface area contributed by atoms with Gasteiger partial charge in [-0.15, -0.1) is 6.58 Å². The van der Waals surface area contributed by atoms with Crippen molar-refractivity contribution in [3.8, 4) is 0 Å². The van der Waals surface area contributed by atoms with Crippen LogP contribution in [0.5, 0.6) is 0 Å². The summed E-state index contributed by atoms with van der Waals surface area (Å²) in [6.45, 7) is 10.7. The third-order valence-corrected chi connectivity index (χ3v) is 2.31. The van der Waals surface area contributed by atoms with Gasteiger partial charge in [-0.25, -0.2) is 0 Å². The fraction of sp³-hybridized carbons (Fsp3) is 0.778. The monoisotopic (exact) mass is 124 g/mol. The highest BCUT2D eigenvalue weighted by Gasteiger charge is 2.44. The normalized spacial score (nSPS) is 29.9. The molecule has 1 aliphatic rings. The maximum absolute atomic E-state index is 3.90. The van der Waals surface area contributed by atoms with Gasteiger partial charge in [0.2, 0.25) is 0 Å². The van der Waals surface area contributed by atoms with E-state index >= 15 is 0 Å². The van der Waals surface area contributed by atoms with Crippen LogP contribution >= 0.6 is 0 Å². The van der Waals surface area contributed by atoms with Crippen molar-refractivity contribution >= 4 is 0 Å². The molecule has 9 heavy (non-hydrogen) atoms. The summed E-state index contributed by atoms with van der Waals surface area (Å²) in [5, 5.41) is 0. The van der Waals surface area contributed by atoms with Crippen LogP contribution in [0, 0.1) is 11.3 Å². The van der Waals surface area contributed by atoms with E-state index in [9.17, 15) is 0 Å². The Bertz CT molecular complexity index is 131. The summed E-state index contributed by atoms with van der Waals surface area (Å²) in [7, 11) is 0. The molecule has 1 saturated carbocycles. The molecule has 52 valence electrons. The van der Waals surface area contributed by atoms with Crippen molar-refractivity contribution in [1.82, 2.24) is 0 Å². The lowest BCUT2D eigenvalue weighted by molar-refractivity contribution is 0.556. The first kappa shape index (κ1) is 6.85. The Hall–Kier alpha value is -0.260. The van der Waals surface area contributed by atoms with Crippen molar-refractivity contribution in [2.75, 3.05) is 0 Å². The van der Waals surface area contributed by atoms with Gasteiger partial charge >= 0.3 is 0 Å². The molecule has 0 aromatic heterocycles. The highest BCUT2D eigenvalue weighted by molar-refractivity contribution is 5.03. The molecule has 1 rings (SSSR count). The Morgan fingerprint density at radius 3 is 2.22 bits per heavy atom. The smallest absolute Gasteiger partial charge is 0.0292 e.